The molecule has 6 heteroatoms. The fourth-order valence-electron chi connectivity index (χ4n) is 1.56. The Bertz CT molecular complexity index is 565. The molecule has 0 aliphatic rings. The summed E-state index contributed by atoms with van der Waals surface area (Å²) >= 11 is 0. The Morgan fingerprint density at radius 1 is 1.35 bits per heavy atom. The highest BCUT2D eigenvalue weighted by molar-refractivity contribution is 5.78. The highest BCUT2D eigenvalue weighted by Gasteiger charge is 2.40. The molecule has 1 atom stereocenters. The smallest absolute Gasteiger partial charge is 0.263 e. The number of nitriles is 1. The van der Waals surface area contributed by atoms with Gasteiger partial charge in [-0.05, 0) is 6.07 Å². The third-order valence-corrected chi connectivity index (χ3v) is 2.46. The molecule has 0 radical (unpaired) electrons. The average Bonchev–Trinajstić information content (AvgIpc) is 2.67. The molecule has 1 heterocycles. The minimum Gasteiger partial charge on any atom is -0.263 e. The standard InChI is InChI=1S/C11H8F3N3/c12-11(13,14)9(5-15)7-17-10-4-2-1-3-8(10)6-16-17/h1-4,6,9H,7H2. The van der Waals surface area contributed by atoms with Gasteiger partial charge in [0.05, 0.1) is 24.3 Å². The summed E-state index contributed by atoms with van der Waals surface area (Å²) in [4.78, 5) is 0. The summed E-state index contributed by atoms with van der Waals surface area (Å²) in [6.07, 6.45) is -3.04. The predicted octanol–water partition coefficient (Wildman–Crippen LogP) is 2.74. The quantitative estimate of drug-likeness (QED) is 0.808. The molecule has 1 aromatic carbocycles. The lowest BCUT2D eigenvalue weighted by Crippen LogP contribution is -2.26. The first-order valence-electron chi connectivity index (χ1n) is 4.89. The SMILES string of the molecule is N#CC(Cn1ncc2ccccc21)C(F)(F)F. The van der Waals surface area contributed by atoms with Crippen LogP contribution >= 0.6 is 0 Å². The van der Waals surface area contributed by atoms with Crippen LogP contribution in [-0.2, 0) is 6.54 Å². The van der Waals surface area contributed by atoms with E-state index in [1.807, 2.05) is 0 Å². The Morgan fingerprint density at radius 2 is 2.06 bits per heavy atom. The van der Waals surface area contributed by atoms with Crippen molar-refractivity contribution in [2.24, 2.45) is 5.92 Å². The van der Waals surface area contributed by atoms with E-state index in [1.165, 1.54) is 16.9 Å². The van der Waals surface area contributed by atoms with Crippen LogP contribution in [0.1, 0.15) is 0 Å². The van der Waals surface area contributed by atoms with Crippen molar-refractivity contribution in [2.45, 2.75) is 12.7 Å². The van der Waals surface area contributed by atoms with Gasteiger partial charge in [-0.15, -0.1) is 0 Å². The van der Waals surface area contributed by atoms with Gasteiger partial charge in [-0.3, -0.25) is 4.68 Å². The van der Waals surface area contributed by atoms with Gasteiger partial charge in [0.1, 0.15) is 0 Å². The Balaban J connectivity index is 2.33. The maximum Gasteiger partial charge on any atom is 0.406 e. The number of fused-ring (bicyclic) bond motifs is 1. The fourth-order valence-corrected chi connectivity index (χ4v) is 1.56. The van der Waals surface area contributed by atoms with Gasteiger partial charge in [0.15, 0.2) is 5.92 Å². The molecule has 0 saturated heterocycles. The van der Waals surface area contributed by atoms with Gasteiger partial charge in [0.25, 0.3) is 0 Å². The second-order valence-electron chi connectivity index (χ2n) is 3.61. The minimum atomic E-state index is -4.53. The number of rotatable bonds is 2. The van der Waals surface area contributed by atoms with Gasteiger partial charge in [0.2, 0.25) is 0 Å². The molecular formula is C11H8F3N3. The summed E-state index contributed by atoms with van der Waals surface area (Å²) in [5.41, 5.74) is 0.594. The van der Waals surface area contributed by atoms with E-state index in [2.05, 4.69) is 5.10 Å². The number of halogens is 3. The molecule has 0 spiro atoms. The monoisotopic (exact) mass is 239 g/mol. The number of benzene rings is 1. The highest BCUT2D eigenvalue weighted by Crippen LogP contribution is 2.27. The summed E-state index contributed by atoms with van der Waals surface area (Å²) in [5.74, 6) is -2.04. The van der Waals surface area contributed by atoms with Gasteiger partial charge >= 0.3 is 6.18 Å². The van der Waals surface area contributed by atoms with E-state index in [1.54, 1.807) is 24.3 Å². The zero-order valence-corrected chi connectivity index (χ0v) is 8.65. The molecule has 0 amide bonds. The molecule has 0 saturated carbocycles. The van der Waals surface area contributed by atoms with Crippen molar-refractivity contribution < 1.29 is 13.2 Å². The molecule has 88 valence electrons. The maximum atomic E-state index is 12.4. The fraction of sp³-hybridized carbons (Fsp3) is 0.273. The van der Waals surface area contributed by atoms with Crippen LogP contribution in [0.25, 0.3) is 10.9 Å². The molecule has 0 bridgehead atoms. The summed E-state index contributed by atoms with van der Waals surface area (Å²) in [5, 5.41) is 13.1. The van der Waals surface area contributed by atoms with Gasteiger partial charge in [-0.25, -0.2) is 0 Å². The van der Waals surface area contributed by atoms with Crippen LogP contribution in [0.4, 0.5) is 13.2 Å². The maximum absolute atomic E-state index is 12.4. The van der Waals surface area contributed by atoms with Crippen LogP contribution in [-0.4, -0.2) is 16.0 Å². The number of nitrogens with zero attached hydrogens (tertiary/aromatic N) is 3. The number of aromatic nitrogens is 2. The van der Waals surface area contributed by atoms with Crippen molar-refractivity contribution in [1.29, 1.82) is 5.26 Å². The largest absolute Gasteiger partial charge is 0.406 e. The zero-order valence-electron chi connectivity index (χ0n) is 8.65. The average molecular weight is 239 g/mol. The van der Waals surface area contributed by atoms with Gasteiger partial charge in [-0.2, -0.15) is 23.5 Å². The summed E-state index contributed by atoms with van der Waals surface area (Å²) < 4.78 is 38.6. The molecule has 0 N–H and O–H groups in total. The topological polar surface area (TPSA) is 41.6 Å². The van der Waals surface area contributed by atoms with E-state index in [4.69, 9.17) is 5.26 Å². The van der Waals surface area contributed by atoms with Gasteiger partial charge in [-0.1, -0.05) is 18.2 Å². The molecule has 0 aliphatic heterocycles. The number of para-hydroxylation sites is 1. The first-order valence-corrected chi connectivity index (χ1v) is 4.89. The second-order valence-corrected chi connectivity index (χ2v) is 3.61. The number of hydrogen-bond acceptors (Lipinski definition) is 2. The number of hydrogen-bond donors (Lipinski definition) is 0. The van der Waals surface area contributed by atoms with Crippen molar-refractivity contribution in [3.05, 3.63) is 30.5 Å². The molecule has 3 nitrogen and oxygen atoms in total. The third kappa shape index (κ3) is 2.23. The summed E-state index contributed by atoms with van der Waals surface area (Å²) in [6, 6.07) is 8.19. The highest BCUT2D eigenvalue weighted by atomic mass is 19.4. The van der Waals surface area contributed by atoms with Gasteiger partial charge < -0.3 is 0 Å². The van der Waals surface area contributed by atoms with E-state index >= 15 is 0 Å². The van der Waals surface area contributed by atoms with Crippen molar-refractivity contribution in [3.8, 4) is 6.07 Å². The lowest BCUT2D eigenvalue weighted by molar-refractivity contribution is -0.162. The van der Waals surface area contributed by atoms with Crippen LogP contribution in [0.5, 0.6) is 0 Å². The Kier molecular flexibility index (Phi) is 2.76. The molecule has 0 fully saturated rings. The Labute approximate surface area is 95.1 Å². The van der Waals surface area contributed by atoms with Gasteiger partial charge in [0, 0.05) is 5.39 Å². The van der Waals surface area contributed by atoms with E-state index < -0.39 is 18.6 Å². The first kappa shape index (κ1) is 11.5. The van der Waals surface area contributed by atoms with Crippen LogP contribution in [0.15, 0.2) is 30.5 Å². The molecule has 1 aromatic heterocycles. The van der Waals surface area contributed by atoms with E-state index in [0.29, 0.717) is 5.52 Å². The minimum absolute atomic E-state index is 0.479. The van der Waals surface area contributed by atoms with Crippen LogP contribution in [0.2, 0.25) is 0 Å². The van der Waals surface area contributed by atoms with Crippen LogP contribution < -0.4 is 0 Å². The Morgan fingerprint density at radius 3 is 2.71 bits per heavy atom. The third-order valence-electron chi connectivity index (χ3n) is 2.46. The van der Waals surface area contributed by atoms with E-state index in [9.17, 15) is 13.2 Å². The van der Waals surface area contributed by atoms with E-state index in [0.717, 1.165) is 5.39 Å². The molecule has 17 heavy (non-hydrogen) atoms. The lowest BCUT2D eigenvalue weighted by Gasteiger charge is -2.13. The van der Waals surface area contributed by atoms with Crippen LogP contribution in [0.3, 0.4) is 0 Å². The molecule has 2 rings (SSSR count). The van der Waals surface area contributed by atoms with Crippen LogP contribution in [0, 0.1) is 17.2 Å². The molecule has 0 aliphatic carbocycles. The molecule has 2 aromatic rings. The summed E-state index contributed by atoms with van der Waals surface area (Å²) in [7, 11) is 0. The molecule has 1 unspecified atom stereocenters. The summed E-state index contributed by atoms with van der Waals surface area (Å²) in [6.45, 7) is -0.479. The van der Waals surface area contributed by atoms with E-state index in [-0.39, 0.29) is 0 Å². The van der Waals surface area contributed by atoms with Crippen molar-refractivity contribution in [1.82, 2.24) is 9.78 Å². The van der Waals surface area contributed by atoms with Crippen molar-refractivity contribution in [2.75, 3.05) is 0 Å². The lowest BCUT2D eigenvalue weighted by atomic mass is 10.1. The second kappa shape index (κ2) is 4.09. The Hall–Kier alpha value is -2.03. The van der Waals surface area contributed by atoms with Crippen molar-refractivity contribution in [3.63, 3.8) is 0 Å². The first-order chi connectivity index (χ1) is 8.02. The molecular weight excluding hydrogens is 231 g/mol. The number of alkyl halides is 3. The van der Waals surface area contributed by atoms with Crippen molar-refractivity contribution >= 4 is 10.9 Å². The normalized spacial score (nSPS) is 13.5. The predicted molar refractivity (Wildman–Crippen MR) is 54.9 cm³/mol. The zero-order chi connectivity index (χ0) is 12.5.